The van der Waals surface area contributed by atoms with Crippen LogP contribution in [0.1, 0.15) is 5.56 Å². The van der Waals surface area contributed by atoms with Crippen molar-refractivity contribution in [3.63, 3.8) is 0 Å². The van der Waals surface area contributed by atoms with Crippen LogP contribution < -0.4 is 0 Å². The van der Waals surface area contributed by atoms with E-state index < -0.39 is 0 Å². The van der Waals surface area contributed by atoms with E-state index in [1.54, 1.807) is 6.20 Å². The van der Waals surface area contributed by atoms with Crippen LogP contribution in [0.3, 0.4) is 0 Å². The first-order valence-electron chi connectivity index (χ1n) is 5.99. The van der Waals surface area contributed by atoms with E-state index in [4.69, 9.17) is 0 Å². The van der Waals surface area contributed by atoms with Crippen molar-refractivity contribution in [3.8, 4) is 16.9 Å². The summed E-state index contributed by atoms with van der Waals surface area (Å²) in [4.78, 5) is 0. The van der Waals surface area contributed by atoms with Gasteiger partial charge in [0.15, 0.2) is 0 Å². The molecule has 1 heterocycles. The third kappa shape index (κ3) is 2.19. The minimum atomic E-state index is 0.984. The Bertz CT molecular complexity index is 659. The molecular weight excluding hydrogens is 302 g/mol. The average molecular weight is 314 g/mol. The second kappa shape index (κ2) is 4.97. The molecule has 2 aromatic carbocycles. The molecule has 0 atom stereocenters. The first kappa shape index (κ1) is 12.1. The number of benzene rings is 2. The Hall–Kier alpha value is -1.94. The molecule has 0 aliphatic heterocycles. The molecule has 3 rings (SSSR count). The van der Waals surface area contributed by atoms with E-state index in [0.717, 1.165) is 21.4 Å². The van der Waals surface area contributed by atoms with Gasteiger partial charge in [-0.25, -0.2) is 4.68 Å². The Kier molecular flexibility index (Phi) is 3.17. The van der Waals surface area contributed by atoms with Crippen LogP contribution in [0.5, 0.6) is 0 Å². The molecule has 0 bridgehead atoms. The van der Waals surface area contributed by atoms with Gasteiger partial charge >= 0.3 is 0 Å². The molecular formula is C15H12BrN3. The quantitative estimate of drug-likeness (QED) is 0.715. The molecule has 4 heteroatoms. The summed E-state index contributed by atoms with van der Waals surface area (Å²) in [6.45, 7) is 2.09. The molecule has 0 unspecified atom stereocenters. The summed E-state index contributed by atoms with van der Waals surface area (Å²) in [5.41, 5.74) is 4.32. The van der Waals surface area contributed by atoms with Gasteiger partial charge < -0.3 is 0 Å². The second-order valence-corrected chi connectivity index (χ2v) is 5.15. The summed E-state index contributed by atoms with van der Waals surface area (Å²) in [6, 6.07) is 16.2. The van der Waals surface area contributed by atoms with Crippen LogP contribution in [0, 0.1) is 6.92 Å². The summed E-state index contributed by atoms with van der Waals surface area (Å²) in [5, 5.41) is 8.25. The Balaban J connectivity index is 2.20. The Morgan fingerprint density at radius 1 is 1.00 bits per heavy atom. The molecule has 0 radical (unpaired) electrons. The summed E-state index contributed by atoms with van der Waals surface area (Å²) in [6.07, 6.45) is 1.79. The Morgan fingerprint density at radius 2 is 1.74 bits per heavy atom. The molecule has 0 saturated heterocycles. The number of rotatable bonds is 2. The number of hydrogen-bond donors (Lipinski definition) is 0. The predicted molar refractivity (Wildman–Crippen MR) is 79.2 cm³/mol. The van der Waals surface area contributed by atoms with Gasteiger partial charge in [-0.2, -0.15) is 0 Å². The fourth-order valence-electron chi connectivity index (χ4n) is 2.08. The van der Waals surface area contributed by atoms with E-state index in [2.05, 4.69) is 45.3 Å². The van der Waals surface area contributed by atoms with E-state index in [1.165, 1.54) is 5.56 Å². The molecule has 1 aromatic heterocycles. The standard InChI is InChI=1S/C15H12BrN3/c1-11-6-2-3-7-12(11)15-10-17-18-19(15)14-9-5-4-8-13(14)16/h2-10H,1H3. The zero-order valence-electron chi connectivity index (χ0n) is 10.4. The van der Waals surface area contributed by atoms with Crippen molar-refractivity contribution in [2.24, 2.45) is 0 Å². The second-order valence-electron chi connectivity index (χ2n) is 4.30. The van der Waals surface area contributed by atoms with Gasteiger partial charge in [-0.15, -0.1) is 5.10 Å². The molecule has 0 N–H and O–H groups in total. The van der Waals surface area contributed by atoms with Crippen molar-refractivity contribution >= 4 is 15.9 Å². The largest absolute Gasteiger partial charge is 0.212 e. The summed E-state index contributed by atoms with van der Waals surface area (Å²) in [7, 11) is 0. The monoisotopic (exact) mass is 313 g/mol. The van der Waals surface area contributed by atoms with Gasteiger partial charge in [0.05, 0.1) is 17.6 Å². The van der Waals surface area contributed by atoms with Crippen LogP contribution in [0.25, 0.3) is 16.9 Å². The Labute approximate surface area is 120 Å². The lowest BCUT2D eigenvalue weighted by molar-refractivity contribution is 0.805. The maximum Gasteiger partial charge on any atom is 0.0947 e. The molecule has 94 valence electrons. The molecule has 3 nitrogen and oxygen atoms in total. The van der Waals surface area contributed by atoms with Crippen molar-refractivity contribution in [1.82, 2.24) is 15.0 Å². The number of hydrogen-bond acceptors (Lipinski definition) is 2. The first-order chi connectivity index (χ1) is 9.27. The number of aromatic nitrogens is 3. The summed E-state index contributed by atoms with van der Waals surface area (Å²) >= 11 is 3.55. The number of aryl methyl sites for hydroxylation is 1. The van der Waals surface area contributed by atoms with Gasteiger partial charge in [-0.05, 0) is 40.5 Å². The summed E-state index contributed by atoms with van der Waals surface area (Å²) in [5.74, 6) is 0. The van der Waals surface area contributed by atoms with Crippen LogP contribution in [0.4, 0.5) is 0 Å². The van der Waals surface area contributed by atoms with Crippen molar-refractivity contribution in [2.75, 3.05) is 0 Å². The topological polar surface area (TPSA) is 30.7 Å². The first-order valence-corrected chi connectivity index (χ1v) is 6.78. The smallest absolute Gasteiger partial charge is 0.0947 e. The molecule has 3 aromatic rings. The third-order valence-electron chi connectivity index (χ3n) is 3.05. The molecule has 0 fully saturated rings. The van der Waals surface area contributed by atoms with Gasteiger partial charge in [-0.3, -0.25) is 0 Å². The van der Waals surface area contributed by atoms with Crippen LogP contribution in [0.2, 0.25) is 0 Å². The van der Waals surface area contributed by atoms with Crippen molar-refractivity contribution in [2.45, 2.75) is 6.92 Å². The van der Waals surface area contributed by atoms with Crippen LogP contribution in [-0.4, -0.2) is 15.0 Å². The van der Waals surface area contributed by atoms with E-state index >= 15 is 0 Å². The van der Waals surface area contributed by atoms with Gasteiger partial charge in [0.2, 0.25) is 0 Å². The lowest BCUT2D eigenvalue weighted by Gasteiger charge is -2.09. The predicted octanol–water partition coefficient (Wildman–Crippen LogP) is 4.01. The SMILES string of the molecule is Cc1ccccc1-c1cnnn1-c1ccccc1Br. The molecule has 0 saturated carbocycles. The fourth-order valence-corrected chi connectivity index (χ4v) is 2.53. The van der Waals surface area contributed by atoms with E-state index in [0.29, 0.717) is 0 Å². The highest BCUT2D eigenvalue weighted by molar-refractivity contribution is 9.10. The third-order valence-corrected chi connectivity index (χ3v) is 3.72. The van der Waals surface area contributed by atoms with Crippen molar-refractivity contribution < 1.29 is 0 Å². The van der Waals surface area contributed by atoms with E-state index in [9.17, 15) is 0 Å². The van der Waals surface area contributed by atoms with E-state index in [1.807, 2.05) is 41.1 Å². The minimum absolute atomic E-state index is 0.984. The zero-order chi connectivity index (χ0) is 13.2. The zero-order valence-corrected chi connectivity index (χ0v) is 12.0. The number of para-hydroxylation sites is 1. The Morgan fingerprint density at radius 3 is 2.53 bits per heavy atom. The lowest BCUT2D eigenvalue weighted by Crippen LogP contribution is -2.00. The van der Waals surface area contributed by atoms with Crippen LogP contribution >= 0.6 is 15.9 Å². The minimum Gasteiger partial charge on any atom is -0.212 e. The van der Waals surface area contributed by atoms with Crippen LogP contribution in [-0.2, 0) is 0 Å². The lowest BCUT2D eigenvalue weighted by atomic mass is 10.1. The number of nitrogens with zero attached hydrogens (tertiary/aromatic N) is 3. The highest BCUT2D eigenvalue weighted by Crippen LogP contribution is 2.27. The average Bonchev–Trinajstić information content (AvgIpc) is 2.89. The molecule has 19 heavy (non-hydrogen) atoms. The fraction of sp³-hybridized carbons (Fsp3) is 0.0667. The molecule has 0 amide bonds. The van der Waals surface area contributed by atoms with Gasteiger partial charge in [0.1, 0.15) is 0 Å². The van der Waals surface area contributed by atoms with Gasteiger partial charge in [0.25, 0.3) is 0 Å². The molecule has 0 aliphatic rings. The maximum atomic E-state index is 4.20. The normalized spacial score (nSPS) is 10.6. The number of halogens is 1. The molecule has 0 spiro atoms. The molecule has 0 aliphatic carbocycles. The van der Waals surface area contributed by atoms with E-state index in [-0.39, 0.29) is 0 Å². The highest BCUT2D eigenvalue weighted by Gasteiger charge is 2.12. The van der Waals surface area contributed by atoms with Crippen molar-refractivity contribution in [1.29, 1.82) is 0 Å². The maximum absolute atomic E-state index is 4.20. The summed E-state index contributed by atoms with van der Waals surface area (Å²) < 4.78 is 2.85. The van der Waals surface area contributed by atoms with Gasteiger partial charge in [0, 0.05) is 10.0 Å². The highest BCUT2D eigenvalue weighted by atomic mass is 79.9. The van der Waals surface area contributed by atoms with Crippen molar-refractivity contribution in [3.05, 3.63) is 64.8 Å². The van der Waals surface area contributed by atoms with Crippen LogP contribution in [0.15, 0.2) is 59.2 Å². The van der Waals surface area contributed by atoms with Gasteiger partial charge in [-0.1, -0.05) is 41.6 Å².